The molecule has 0 aliphatic heterocycles. The van der Waals surface area contributed by atoms with Crippen molar-refractivity contribution in [2.24, 2.45) is 0 Å². The van der Waals surface area contributed by atoms with Crippen LogP contribution in [-0.2, 0) is 6.54 Å². The molecule has 0 unspecified atom stereocenters. The highest BCUT2D eigenvalue weighted by Crippen LogP contribution is 2.22. The van der Waals surface area contributed by atoms with Crippen LogP contribution in [0, 0.1) is 5.82 Å². The van der Waals surface area contributed by atoms with Crippen LogP contribution in [0.3, 0.4) is 0 Å². The van der Waals surface area contributed by atoms with Crippen LogP contribution in [0.5, 0.6) is 5.75 Å². The zero-order valence-corrected chi connectivity index (χ0v) is 9.66. The summed E-state index contributed by atoms with van der Waals surface area (Å²) in [5, 5.41) is 11.9. The lowest BCUT2D eigenvalue weighted by Gasteiger charge is -2.13. The molecule has 16 heavy (non-hydrogen) atoms. The van der Waals surface area contributed by atoms with E-state index < -0.39 is 5.82 Å². The van der Waals surface area contributed by atoms with Gasteiger partial charge in [0.2, 0.25) is 0 Å². The minimum absolute atomic E-state index is 0.107. The van der Waals surface area contributed by atoms with E-state index in [0.29, 0.717) is 12.6 Å². The maximum atomic E-state index is 13.5. The quantitative estimate of drug-likeness (QED) is 0.777. The molecule has 3 nitrogen and oxygen atoms in total. The summed E-state index contributed by atoms with van der Waals surface area (Å²) in [7, 11) is 0. The van der Waals surface area contributed by atoms with Crippen LogP contribution in [0.15, 0.2) is 18.2 Å². The Morgan fingerprint density at radius 2 is 2.19 bits per heavy atom. The number of nitrogens with one attached hydrogen (secondary N) is 1. The minimum atomic E-state index is -0.392. The Hall–Kier alpha value is -1.13. The third-order valence-electron chi connectivity index (χ3n) is 2.09. The van der Waals surface area contributed by atoms with Gasteiger partial charge in [-0.1, -0.05) is 26.0 Å². The van der Waals surface area contributed by atoms with E-state index in [1.54, 1.807) is 6.07 Å². The normalized spacial score (nSPS) is 10.8. The summed E-state index contributed by atoms with van der Waals surface area (Å²) in [6.45, 7) is 4.58. The van der Waals surface area contributed by atoms with Gasteiger partial charge in [-0.15, -0.1) is 0 Å². The van der Waals surface area contributed by atoms with Crippen molar-refractivity contribution in [2.45, 2.75) is 26.4 Å². The summed E-state index contributed by atoms with van der Waals surface area (Å²) in [5.74, 6) is -0.166. The third-order valence-corrected chi connectivity index (χ3v) is 2.09. The first kappa shape index (κ1) is 12.9. The molecule has 0 aliphatic carbocycles. The van der Waals surface area contributed by atoms with Gasteiger partial charge in [0, 0.05) is 18.2 Å². The van der Waals surface area contributed by atoms with E-state index in [-0.39, 0.29) is 19.0 Å². The fraction of sp³-hybridized carbons (Fsp3) is 0.500. The number of para-hydroxylation sites is 1. The molecule has 90 valence electrons. The van der Waals surface area contributed by atoms with Gasteiger partial charge in [-0.05, 0) is 6.07 Å². The van der Waals surface area contributed by atoms with Crippen LogP contribution in [0.1, 0.15) is 19.4 Å². The topological polar surface area (TPSA) is 41.5 Å². The molecular formula is C12H18FNO2. The number of ether oxygens (including phenoxy) is 1. The zero-order valence-electron chi connectivity index (χ0n) is 9.66. The van der Waals surface area contributed by atoms with Crippen molar-refractivity contribution >= 4 is 0 Å². The molecule has 0 radical (unpaired) electrons. The first-order valence-corrected chi connectivity index (χ1v) is 5.39. The highest BCUT2D eigenvalue weighted by atomic mass is 19.1. The largest absolute Gasteiger partial charge is 0.488 e. The van der Waals surface area contributed by atoms with E-state index >= 15 is 0 Å². The van der Waals surface area contributed by atoms with Crippen molar-refractivity contribution < 1.29 is 14.2 Å². The van der Waals surface area contributed by atoms with Gasteiger partial charge in [-0.3, -0.25) is 0 Å². The van der Waals surface area contributed by atoms with Gasteiger partial charge in [0.1, 0.15) is 6.61 Å². The van der Waals surface area contributed by atoms with Crippen molar-refractivity contribution in [3.8, 4) is 5.75 Å². The van der Waals surface area contributed by atoms with E-state index in [1.165, 1.54) is 6.07 Å². The Bertz CT molecular complexity index is 329. The maximum Gasteiger partial charge on any atom is 0.165 e. The number of halogens is 1. The number of benzene rings is 1. The molecule has 2 N–H and O–H groups in total. The summed E-state index contributed by atoms with van der Waals surface area (Å²) >= 11 is 0. The van der Waals surface area contributed by atoms with Gasteiger partial charge >= 0.3 is 0 Å². The average Bonchev–Trinajstić information content (AvgIpc) is 2.25. The summed E-state index contributed by atoms with van der Waals surface area (Å²) < 4.78 is 18.6. The fourth-order valence-corrected chi connectivity index (χ4v) is 1.32. The van der Waals surface area contributed by atoms with Gasteiger partial charge in [0.15, 0.2) is 11.6 Å². The van der Waals surface area contributed by atoms with Gasteiger partial charge in [-0.2, -0.15) is 0 Å². The Morgan fingerprint density at radius 3 is 2.81 bits per heavy atom. The number of aliphatic hydroxyl groups excluding tert-OH is 1. The molecule has 4 heteroatoms. The van der Waals surface area contributed by atoms with Crippen molar-refractivity contribution in [3.63, 3.8) is 0 Å². The molecule has 0 heterocycles. The summed E-state index contributed by atoms with van der Waals surface area (Å²) in [4.78, 5) is 0. The maximum absolute atomic E-state index is 13.5. The van der Waals surface area contributed by atoms with Gasteiger partial charge < -0.3 is 15.2 Å². The minimum Gasteiger partial charge on any atom is -0.488 e. The molecule has 0 fully saturated rings. The van der Waals surface area contributed by atoms with Crippen molar-refractivity contribution in [1.29, 1.82) is 0 Å². The van der Waals surface area contributed by atoms with Crippen LogP contribution >= 0.6 is 0 Å². The Kier molecular flexibility index (Phi) is 5.22. The van der Waals surface area contributed by atoms with Crippen LogP contribution in [-0.4, -0.2) is 24.4 Å². The number of aliphatic hydroxyl groups is 1. The van der Waals surface area contributed by atoms with Crippen molar-refractivity contribution in [2.75, 3.05) is 13.2 Å². The molecular weight excluding hydrogens is 209 g/mol. The van der Waals surface area contributed by atoms with E-state index in [2.05, 4.69) is 5.32 Å². The lowest BCUT2D eigenvalue weighted by molar-refractivity contribution is 0.195. The Morgan fingerprint density at radius 1 is 1.44 bits per heavy atom. The summed E-state index contributed by atoms with van der Waals surface area (Å²) in [5.41, 5.74) is 0.766. The summed E-state index contributed by atoms with van der Waals surface area (Å²) in [6.07, 6.45) is 0. The fourth-order valence-electron chi connectivity index (χ4n) is 1.32. The molecule has 1 aromatic rings. The summed E-state index contributed by atoms with van der Waals surface area (Å²) in [6, 6.07) is 5.14. The molecule has 0 amide bonds. The molecule has 1 rings (SSSR count). The molecule has 0 aliphatic rings. The first-order valence-electron chi connectivity index (χ1n) is 5.39. The lowest BCUT2D eigenvalue weighted by atomic mass is 10.2. The predicted octanol–water partition coefficient (Wildman–Crippen LogP) is 1.69. The third kappa shape index (κ3) is 3.79. The highest BCUT2D eigenvalue weighted by molar-refractivity contribution is 5.34. The van der Waals surface area contributed by atoms with E-state index in [1.807, 2.05) is 19.9 Å². The molecule has 0 spiro atoms. The predicted molar refractivity (Wildman–Crippen MR) is 61.0 cm³/mol. The molecule has 0 saturated heterocycles. The molecule has 0 bridgehead atoms. The number of hydrogen-bond acceptors (Lipinski definition) is 3. The molecule has 0 saturated carbocycles. The van der Waals surface area contributed by atoms with E-state index in [0.717, 1.165) is 5.56 Å². The average molecular weight is 227 g/mol. The van der Waals surface area contributed by atoms with E-state index in [4.69, 9.17) is 9.84 Å². The Labute approximate surface area is 95.2 Å². The van der Waals surface area contributed by atoms with E-state index in [9.17, 15) is 4.39 Å². The van der Waals surface area contributed by atoms with Crippen LogP contribution in [0.25, 0.3) is 0 Å². The zero-order chi connectivity index (χ0) is 12.0. The second-order valence-corrected chi connectivity index (χ2v) is 3.84. The molecule has 1 aromatic carbocycles. The molecule has 0 aromatic heterocycles. The van der Waals surface area contributed by atoms with Gasteiger partial charge in [0.05, 0.1) is 6.61 Å². The highest BCUT2D eigenvalue weighted by Gasteiger charge is 2.09. The van der Waals surface area contributed by atoms with Gasteiger partial charge in [0.25, 0.3) is 0 Å². The van der Waals surface area contributed by atoms with Crippen LogP contribution < -0.4 is 10.1 Å². The smallest absolute Gasteiger partial charge is 0.165 e. The van der Waals surface area contributed by atoms with Crippen LogP contribution in [0.2, 0.25) is 0 Å². The van der Waals surface area contributed by atoms with Crippen molar-refractivity contribution in [1.82, 2.24) is 5.32 Å². The Balaban J connectivity index is 2.76. The monoisotopic (exact) mass is 227 g/mol. The second-order valence-electron chi connectivity index (χ2n) is 3.84. The molecule has 0 atom stereocenters. The lowest BCUT2D eigenvalue weighted by Crippen LogP contribution is -2.22. The SMILES string of the molecule is CC(C)NCc1cccc(F)c1OCCO. The number of hydrogen-bond donors (Lipinski definition) is 2. The standard InChI is InChI=1S/C12H18FNO2/c1-9(2)14-8-10-4-3-5-11(13)12(10)16-7-6-15/h3-5,9,14-15H,6-8H2,1-2H3. The first-order chi connectivity index (χ1) is 7.65. The van der Waals surface area contributed by atoms with Crippen molar-refractivity contribution in [3.05, 3.63) is 29.6 Å². The van der Waals surface area contributed by atoms with Crippen LogP contribution in [0.4, 0.5) is 4.39 Å². The number of rotatable bonds is 6. The van der Waals surface area contributed by atoms with Gasteiger partial charge in [-0.25, -0.2) is 4.39 Å². The second kappa shape index (κ2) is 6.45.